The molecule has 0 aromatic carbocycles. The molecule has 0 heterocycles. The molecule has 0 spiro atoms. The highest BCUT2D eigenvalue weighted by atomic mass is 16.1. The highest BCUT2D eigenvalue weighted by Gasteiger charge is 2.21. The number of Topliss-reactive ketones (excluding diaryl/α,β-unsaturated/α-hetero) is 2. The Morgan fingerprint density at radius 2 is 1.23 bits per heavy atom. The highest BCUT2D eigenvalue weighted by Crippen LogP contribution is 2.11. The summed E-state index contributed by atoms with van der Waals surface area (Å²) in [6.45, 7) is 8.95. The van der Waals surface area contributed by atoms with Crippen molar-refractivity contribution in [1.82, 2.24) is 0 Å². The van der Waals surface area contributed by atoms with Crippen LogP contribution in [0, 0.1) is 11.8 Å². The summed E-state index contributed by atoms with van der Waals surface area (Å²) < 4.78 is 0. The minimum Gasteiger partial charge on any atom is -0.294 e. The Morgan fingerprint density at radius 3 is 1.38 bits per heavy atom. The van der Waals surface area contributed by atoms with Crippen LogP contribution >= 0.6 is 0 Å². The molecule has 13 heavy (non-hydrogen) atoms. The van der Waals surface area contributed by atoms with Crippen LogP contribution in [0.4, 0.5) is 0 Å². The molecule has 0 rings (SSSR count). The molecule has 2 heteroatoms. The normalized spacial score (nSPS) is 10.4. The fourth-order valence-corrected chi connectivity index (χ4v) is 1.03. The van der Waals surface area contributed by atoms with Crippen LogP contribution in [0.15, 0.2) is 11.6 Å². The lowest BCUT2D eigenvalue weighted by Gasteiger charge is -2.09. The Labute approximate surface area is 80.0 Å². The van der Waals surface area contributed by atoms with E-state index in [0.717, 1.165) is 0 Å². The fourth-order valence-electron chi connectivity index (χ4n) is 1.03. The number of hydrogen-bond acceptors (Lipinski definition) is 2. The van der Waals surface area contributed by atoms with E-state index < -0.39 is 0 Å². The van der Waals surface area contributed by atoms with Crippen molar-refractivity contribution in [3.8, 4) is 0 Å². The van der Waals surface area contributed by atoms with Gasteiger partial charge in [-0.1, -0.05) is 33.8 Å². The van der Waals surface area contributed by atoms with E-state index in [0.29, 0.717) is 5.57 Å². The molecule has 0 N–H and O–H groups in total. The van der Waals surface area contributed by atoms with Crippen molar-refractivity contribution in [3.63, 3.8) is 0 Å². The van der Waals surface area contributed by atoms with Gasteiger partial charge in [0.2, 0.25) is 0 Å². The first kappa shape index (κ1) is 12.1. The van der Waals surface area contributed by atoms with Gasteiger partial charge in [0, 0.05) is 11.8 Å². The predicted molar refractivity (Wildman–Crippen MR) is 53.4 cm³/mol. The summed E-state index contributed by atoms with van der Waals surface area (Å²) in [6, 6.07) is 0. The first-order valence-corrected chi connectivity index (χ1v) is 4.66. The van der Waals surface area contributed by atoms with Gasteiger partial charge in [-0.2, -0.15) is 0 Å². The Balaban J connectivity index is 4.75. The lowest BCUT2D eigenvalue weighted by molar-refractivity contribution is -0.124. The predicted octanol–water partition coefficient (Wildman–Crippen LogP) is 2.38. The summed E-state index contributed by atoms with van der Waals surface area (Å²) in [7, 11) is 0. The summed E-state index contributed by atoms with van der Waals surface area (Å²) in [5, 5.41) is 0. The molecular weight excluding hydrogens is 164 g/mol. The Hall–Kier alpha value is -0.920. The van der Waals surface area contributed by atoms with Gasteiger partial charge in [0.25, 0.3) is 0 Å². The first-order chi connectivity index (χ1) is 5.91. The van der Waals surface area contributed by atoms with Gasteiger partial charge in [0.1, 0.15) is 0 Å². The van der Waals surface area contributed by atoms with E-state index in [2.05, 4.69) is 0 Å². The van der Waals surface area contributed by atoms with Crippen LogP contribution in [0.3, 0.4) is 0 Å². The molecule has 0 aromatic heterocycles. The monoisotopic (exact) mass is 182 g/mol. The second kappa shape index (κ2) is 4.95. The molecular formula is C11H18O2. The topological polar surface area (TPSA) is 34.1 Å². The molecule has 0 radical (unpaired) electrons. The van der Waals surface area contributed by atoms with Crippen molar-refractivity contribution in [2.24, 2.45) is 11.8 Å². The van der Waals surface area contributed by atoms with Gasteiger partial charge in [-0.05, 0) is 6.92 Å². The van der Waals surface area contributed by atoms with Crippen LogP contribution in [-0.4, -0.2) is 11.6 Å². The molecule has 0 saturated heterocycles. The smallest absolute Gasteiger partial charge is 0.168 e. The largest absolute Gasteiger partial charge is 0.294 e. The summed E-state index contributed by atoms with van der Waals surface area (Å²) in [5.41, 5.74) is 0.352. The Bertz CT molecular complexity index is 212. The van der Waals surface area contributed by atoms with E-state index in [4.69, 9.17) is 0 Å². The number of ketones is 2. The van der Waals surface area contributed by atoms with Gasteiger partial charge >= 0.3 is 0 Å². The molecule has 2 nitrogen and oxygen atoms in total. The van der Waals surface area contributed by atoms with Crippen molar-refractivity contribution in [2.45, 2.75) is 34.6 Å². The summed E-state index contributed by atoms with van der Waals surface area (Å²) in [6.07, 6.45) is 1.62. The molecule has 0 atom stereocenters. The van der Waals surface area contributed by atoms with Crippen molar-refractivity contribution in [2.75, 3.05) is 0 Å². The molecule has 0 unspecified atom stereocenters. The molecule has 0 aromatic rings. The molecule has 74 valence electrons. The number of allylic oxidation sites excluding steroid dienone is 2. The Morgan fingerprint density at radius 1 is 0.923 bits per heavy atom. The third-order valence-corrected chi connectivity index (χ3v) is 1.87. The van der Waals surface area contributed by atoms with Gasteiger partial charge in [-0.25, -0.2) is 0 Å². The van der Waals surface area contributed by atoms with Crippen molar-refractivity contribution in [3.05, 3.63) is 11.6 Å². The van der Waals surface area contributed by atoms with Crippen LogP contribution in [0.2, 0.25) is 0 Å². The zero-order valence-corrected chi connectivity index (χ0v) is 9.05. The van der Waals surface area contributed by atoms with Gasteiger partial charge in [0.05, 0.1) is 5.57 Å². The van der Waals surface area contributed by atoms with E-state index in [9.17, 15) is 9.59 Å². The maximum absolute atomic E-state index is 11.5. The highest BCUT2D eigenvalue weighted by molar-refractivity contribution is 6.21. The molecule has 0 bridgehead atoms. The van der Waals surface area contributed by atoms with E-state index >= 15 is 0 Å². The van der Waals surface area contributed by atoms with Crippen LogP contribution in [0.1, 0.15) is 34.6 Å². The van der Waals surface area contributed by atoms with Crippen LogP contribution in [-0.2, 0) is 9.59 Å². The standard InChI is InChI=1S/C11H18O2/c1-6-9(10(12)7(2)3)11(13)8(4)5/h6-8H,1-5H3. The third-order valence-electron chi connectivity index (χ3n) is 1.87. The van der Waals surface area contributed by atoms with E-state index in [-0.39, 0.29) is 23.4 Å². The zero-order chi connectivity index (χ0) is 10.6. The minimum atomic E-state index is -0.103. The third kappa shape index (κ3) is 3.13. The Kier molecular flexibility index (Phi) is 4.60. The SMILES string of the molecule is CC=C(C(=O)C(C)C)C(=O)C(C)C. The van der Waals surface area contributed by atoms with Crippen molar-refractivity contribution < 1.29 is 9.59 Å². The van der Waals surface area contributed by atoms with Crippen molar-refractivity contribution >= 4 is 11.6 Å². The first-order valence-electron chi connectivity index (χ1n) is 4.66. The number of carbonyl (C=O) groups is 2. The summed E-state index contributed by atoms with van der Waals surface area (Å²) >= 11 is 0. The molecule has 0 aliphatic carbocycles. The van der Waals surface area contributed by atoms with E-state index in [1.807, 2.05) is 0 Å². The quantitative estimate of drug-likeness (QED) is 0.380. The molecule has 0 fully saturated rings. The van der Waals surface area contributed by atoms with Gasteiger partial charge < -0.3 is 0 Å². The van der Waals surface area contributed by atoms with Gasteiger partial charge in [-0.15, -0.1) is 0 Å². The lowest BCUT2D eigenvalue weighted by Crippen LogP contribution is -2.21. The second-order valence-corrected chi connectivity index (χ2v) is 3.74. The number of rotatable bonds is 4. The maximum Gasteiger partial charge on any atom is 0.168 e. The summed E-state index contributed by atoms with van der Waals surface area (Å²) in [5.74, 6) is -0.315. The lowest BCUT2D eigenvalue weighted by atomic mass is 9.92. The van der Waals surface area contributed by atoms with E-state index in [1.165, 1.54) is 0 Å². The molecule has 0 aliphatic rings. The molecule has 0 saturated carbocycles. The molecule has 0 aliphatic heterocycles. The van der Waals surface area contributed by atoms with Crippen molar-refractivity contribution in [1.29, 1.82) is 0 Å². The average molecular weight is 182 g/mol. The van der Waals surface area contributed by atoms with Crippen LogP contribution in [0.5, 0.6) is 0 Å². The minimum absolute atomic E-state index is 0.0544. The zero-order valence-electron chi connectivity index (χ0n) is 9.05. The summed E-state index contributed by atoms with van der Waals surface area (Å²) in [4.78, 5) is 23.1. The average Bonchev–Trinajstić information content (AvgIpc) is 2.04. The number of carbonyl (C=O) groups excluding carboxylic acids is 2. The van der Waals surface area contributed by atoms with Crippen LogP contribution < -0.4 is 0 Å². The van der Waals surface area contributed by atoms with Gasteiger partial charge in [0.15, 0.2) is 11.6 Å². The van der Waals surface area contributed by atoms with Crippen LogP contribution in [0.25, 0.3) is 0 Å². The molecule has 0 amide bonds. The van der Waals surface area contributed by atoms with E-state index in [1.54, 1.807) is 40.7 Å². The fraction of sp³-hybridized carbons (Fsp3) is 0.636. The maximum atomic E-state index is 11.5. The second-order valence-electron chi connectivity index (χ2n) is 3.74. The number of hydrogen-bond donors (Lipinski definition) is 0. The van der Waals surface area contributed by atoms with Gasteiger partial charge in [-0.3, -0.25) is 9.59 Å².